The number of hydrogen-bond acceptors (Lipinski definition) is 9. The molecule has 0 aliphatic carbocycles. The van der Waals surface area contributed by atoms with Crippen LogP contribution in [0.5, 0.6) is 0 Å². The van der Waals surface area contributed by atoms with Gasteiger partial charge in [0.25, 0.3) is 0 Å². The van der Waals surface area contributed by atoms with Crippen LogP contribution in [0.1, 0.15) is 468 Å². The van der Waals surface area contributed by atoms with Gasteiger partial charge in [-0.3, -0.25) is 0 Å². The summed E-state index contributed by atoms with van der Waals surface area (Å²) < 4.78 is 14.6. The van der Waals surface area contributed by atoms with Gasteiger partial charge in [-0.1, -0.05) is 428 Å². The van der Waals surface area contributed by atoms with Crippen molar-refractivity contribution in [2.24, 2.45) is 0 Å². The lowest BCUT2D eigenvalue weighted by atomic mass is 10.1. The van der Waals surface area contributed by atoms with Crippen molar-refractivity contribution in [3.8, 4) is 0 Å². The lowest BCUT2D eigenvalue weighted by Crippen LogP contribution is -2.19. The van der Waals surface area contributed by atoms with E-state index < -0.39 is 36.2 Å². The van der Waals surface area contributed by atoms with E-state index >= 15 is 0 Å². The topological polar surface area (TPSA) is 140 Å². The van der Waals surface area contributed by atoms with Gasteiger partial charge in [-0.25, -0.2) is 14.4 Å². The second-order valence-corrected chi connectivity index (χ2v) is 26.6. The lowest BCUT2D eigenvalue weighted by molar-refractivity contribution is -0.153. The van der Waals surface area contributed by atoms with E-state index in [9.17, 15) is 14.4 Å². The van der Waals surface area contributed by atoms with Crippen molar-refractivity contribution in [2.45, 2.75) is 487 Å². The van der Waals surface area contributed by atoms with Crippen LogP contribution in [-0.2, 0) is 28.6 Å². The number of esters is 3. The molecule has 546 valence electrons. The number of rotatable bonds is 63. The van der Waals surface area contributed by atoms with Crippen molar-refractivity contribution in [1.29, 1.82) is 0 Å². The first-order valence-corrected chi connectivity index (χ1v) is 40.3. The summed E-state index contributed by atoms with van der Waals surface area (Å²) >= 11 is 0. The predicted octanol–water partition coefficient (Wildman–Crippen LogP) is 26.3. The SMILES string of the molecule is CCCCCCCCCCCCCC.CCCCCCCCCCCCCC.CCCCCCCCCCCCCC.CCCCCCCCCCOC(=O)C(C)O.CCCCCCCCCCOC(=O)[C@@H](C)O.CCCCCCCCCCOC(=O)[C@H](C)O. The normalized spacial score (nSPS) is 11.6. The molecule has 0 amide bonds. The van der Waals surface area contributed by atoms with Gasteiger partial charge in [-0.15, -0.1) is 0 Å². The van der Waals surface area contributed by atoms with Crippen molar-refractivity contribution in [1.82, 2.24) is 0 Å². The molecular weight excluding hydrogens is 1120 g/mol. The third-order valence-electron chi connectivity index (χ3n) is 16.6. The highest BCUT2D eigenvalue weighted by molar-refractivity contribution is 5.74. The molecule has 0 saturated carbocycles. The highest BCUT2D eigenvalue weighted by Gasteiger charge is 2.11. The summed E-state index contributed by atoms with van der Waals surface area (Å²) in [5.41, 5.74) is 0. The predicted molar refractivity (Wildman–Crippen MR) is 396 cm³/mol. The fourth-order valence-corrected chi connectivity index (χ4v) is 10.3. The van der Waals surface area contributed by atoms with Gasteiger partial charge in [0.2, 0.25) is 0 Å². The highest BCUT2D eigenvalue weighted by Crippen LogP contribution is 2.16. The molecule has 0 aromatic rings. The minimum atomic E-state index is -0.992. The molecule has 0 bridgehead atoms. The second-order valence-electron chi connectivity index (χ2n) is 26.6. The molecule has 1 unspecified atom stereocenters. The molecule has 0 fully saturated rings. The van der Waals surface area contributed by atoms with Crippen LogP contribution in [0.15, 0.2) is 0 Å². The Morgan fingerprint density at radius 2 is 0.278 bits per heavy atom. The molecule has 0 saturated heterocycles. The molecule has 0 radical (unpaired) electrons. The monoisotopic (exact) mass is 1290 g/mol. The zero-order valence-electron chi connectivity index (χ0n) is 63.6. The van der Waals surface area contributed by atoms with Crippen LogP contribution in [0, 0.1) is 0 Å². The third-order valence-corrected chi connectivity index (χ3v) is 16.6. The van der Waals surface area contributed by atoms with Crippen LogP contribution in [0.25, 0.3) is 0 Å². The first-order chi connectivity index (χ1) is 43.8. The number of aliphatic hydroxyl groups excluding tert-OH is 3. The molecule has 0 heterocycles. The molecule has 90 heavy (non-hydrogen) atoms. The van der Waals surface area contributed by atoms with Crippen LogP contribution in [0.2, 0.25) is 0 Å². The number of ether oxygens (including phenoxy) is 3. The van der Waals surface area contributed by atoms with Gasteiger partial charge in [-0.05, 0) is 40.0 Å². The van der Waals surface area contributed by atoms with Crippen molar-refractivity contribution in [3.05, 3.63) is 0 Å². The van der Waals surface area contributed by atoms with Crippen LogP contribution in [-0.4, -0.2) is 71.4 Å². The summed E-state index contributed by atoms with van der Waals surface area (Å²) in [6, 6.07) is 0. The van der Waals surface area contributed by atoms with Crippen molar-refractivity contribution in [2.75, 3.05) is 19.8 Å². The maximum atomic E-state index is 10.9. The molecule has 0 spiro atoms. The Bertz CT molecular complexity index is 1060. The summed E-state index contributed by atoms with van der Waals surface area (Å²) in [6.07, 6.45) is 78.7. The Kier molecular flexibility index (Phi) is 106. The zero-order chi connectivity index (χ0) is 68.1. The van der Waals surface area contributed by atoms with Crippen molar-refractivity contribution < 1.29 is 43.9 Å². The summed E-state index contributed by atoms with van der Waals surface area (Å²) in [7, 11) is 0. The third kappa shape index (κ3) is 108. The molecule has 0 aliphatic heterocycles. The minimum Gasteiger partial charge on any atom is -0.464 e. The maximum Gasteiger partial charge on any atom is 0.334 e. The van der Waals surface area contributed by atoms with Gasteiger partial charge in [0, 0.05) is 0 Å². The molecule has 9 heteroatoms. The first kappa shape index (κ1) is 99.3. The van der Waals surface area contributed by atoms with Crippen molar-refractivity contribution >= 4 is 17.9 Å². The van der Waals surface area contributed by atoms with Crippen LogP contribution in [0.4, 0.5) is 0 Å². The van der Waals surface area contributed by atoms with E-state index in [-0.39, 0.29) is 0 Å². The minimum absolute atomic E-state index is 0.443. The van der Waals surface area contributed by atoms with E-state index in [1.54, 1.807) is 0 Å². The average molecular weight is 1290 g/mol. The second kappa shape index (κ2) is 96.0. The van der Waals surface area contributed by atoms with E-state index in [1.165, 1.54) is 367 Å². The highest BCUT2D eigenvalue weighted by atomic mass is 16.6. The molecule has 0 rings (SSSR count). The van der Waals surface area contributed by atoms with E-state index in [0.717, 1.165) is 38.5 Å². The lowest BCUT2D eigenvalue weighted by Gasteiger charge is -2.06. The molecule has 3 N–H and O–H groups in total. The molecular formula is C81H168O9. The van der Waals surface area contributed by atoms with E-state index in [2.05, 4.69) is 62.3 Å². The van der Waals surface area contributed by atoms with Gasteiger partial charge in [0.15, 0.2) is 0 Å². The van der Waals surface area contributed by atoms with Gasteiger partial charge >= 0.3 is 17.9 Å². The van der Waals surface area contributed by atoms with Gasteiger partial charge in [0.1, 0.15) is 18.3 Å². The van der Waals surface area contributed by atoms with Crippen LogP contribution in [0.3, 0.4) is 0 Å². The molecule has 0 aromatic carbocycles. The Hall–Kier alpha value is -1.71. The van der Waals surface area contributed by atoms with Crippen LogP contribution < -0.4 is 0 Å². The van der Waals surface area contributed by atoms with E-state index in [0.29, 0.717) is 19.8 Å². The first-order valence-electron chi connectivity index (χ1n) is 40.3. The number of carbonyl (C=O) groups is 3. The fraction of sp³-hybridized carbons (Fsp3) is 0.963. The largest absolute Gasteiger partial charge is 0.464 e. The number of hydrogen-bond donors (Lipinski definition) is 3. The fourth-order valence-electron chi connectivity index (χ4n) is 10.3. The average Bonchev–Trinajstić information content (AvgIpc) is 3.55. The zero-order valence-corrected chi connectivity index (χ0v) is 63.6. The van der Waals surface area contributed by atoms with Crippen molar-refractivity contribution in [3.63, 3.8) is 0 Å². The Morgan fingerprint density at radius 3 is 0.367 bits per heavy atom. The summed E-state index contributed by atoms with van der Waals surface area (Å²) in [5.74, 6) is -1.53. The van der Waals surface area contributed by atoms with Gasteiger partial charge < -0.3 is 29.5 Å². The number of aliphatic hydroxyl groups is 3. The molecule has 0 aromatic heterocycles. The standard InChI is InChI=1S/3C14H30.3C13H26O3/c3*1-3-5-7-9-11-13-14-12-10-8-6-4-2;3*1-3-4-5-6-7-8-9-10-11-16-13(15)12(2)14/h3*3-14H2,1-2H3;3*12,14H,3-11H2,1-2H3/t;;;2*12-;/m...10./s1. The van der Waals surface area contributed by atoms with Crippen LogP contribution >= 0.6 is 0 Å². The molecule has 9 nitrogen and oxygen atoms in total. The molecule has 0 aliphatic rings. The summed E-state index contributed by atoms with van der Waals surface area (Å²) in [5, 5.41) is 26.6. The summed E-state index contributed by atoms with van der Waals surface area (Å²) in [6.45, 7) is 26.0. The Labute approximate surface area is 565 Å². The Morgan fingerprint density at radius 1 is 0.189 bits per heavy atom. The van der Waals surface area contributed by atoms with Gasteiger partial charge in [-0.2, -0.15) is 0 Å². The Balaban J connectivity index is -0.000000235. The number of carbonyl (C=O) groups excluding carboxylic acids is 3. The smallest absolute Gasteiger partial charge is 0.334 e. The quantitative estimate of drug-likeness (QED) is 0.0308. The number of unbranched alkanes of at least 4 members (excludes halogenated alkanes) is 54. The maximum absolute atomic E-state index is 10.9. The summed E-state index contributed by atoms with van der Waals surface area (Å²) in [4.78, 5) is 32.6. The van der Waals surface area contributed by atoms with E-state index in [4.69, 9.17) is 29.5 Å². The van der Waals surface area contributed by atoms with E-state index in [1.807, 2.05) is 0 Å². The van der Waals surface area contributed by atoms with Gasteiger partial charge in [0.05, 0.1) is 19.8 Å². The molecule has 3 atom stereocenters.